The Bertz CT molecular complexity index is 5100. The molecule has 0 saturated heterocycles. The van der Waals surface area contributed by atoms with Gasteiger partial charge in [0.25, 0.3) is 0 Å². The molecule has 4 heterocycles. The highest BCUT2D eigenvalue weighted by Crippen LogP contribution is 2.69. The number of benzene rings is 8. The lowest BCUT2D eigenvalue weighted by molar-refractivity contribution is 0.103. The minimum absolute atomic E-state index is 0.0882. The molecular formula is C82H48N4O2S4. The maximum atomic E-state index is 14.1. The molecule has 432 valence electrons. The standard InChI is InChI=1S/C82H48N4O2S4/c1-45-13-23-53(24-14-45)81(54-25-15-46(2)16-26-54)67-37-49(69-35-31-57(89-69)39-65-71(51(41-83)42-84)59-9-5-7-11-61(59)75(65)87)21-33-63(67)77-73(81)79-80(91-77)74-78(92-79)64-34-22-50(38-68(64)82(74,55-27-17-47(3)18-28-55)56-29-19-48(4)20-30-56)70-36-32-58(90-70)40-66-72(52(43-85)44-86)60-10-6-8-12-62(60)76(66)88/h5-40H,1-4H3. The fourth-order valence-electron chi connectivity index (χ4n) is 14.6. The van der Waals surface area contributed by atoms with Crippen molar-refractivity contribution in [1.82, 2.24) is 0 Å². The van der Waals surface area contributed by atoms with Crippen LogP contribution in [0.25, 0.3) is 74.5 Å². The van der Waals surface area contributed by atoms with Crippen molar-refractivity contribution in [2.24, 2.45) is 0 Å². The Labute approximate surface area is 548 Å². The topological polar surface area (TPSA) is 129 Å². The third-order valence-corrected chi connectivity index (χ3v) is 23.6. The van der Waals surface area contributed by atoms with Crippen LogP contribution in [-0.4, -0.2) is 11.6 Å². The van der Waals surface area contributed by atoms with Crippen LogP contribution >= 0.6 is 45.3 Å². The summed E-state index contributed by atoms with van der Waals surface area (Å²) in [4.78, 5) is 34.3. The first-order chi connectivity index (χ1) is 44.9. The smallest absolute Gasteiger partial charge is 0.194 e. The Morgan fingerprint density at radius 2 is 0.696 bits per heavy atom. The SMILES string of the molecule is Cc1ccc(C2(c3ccc(C)cc3)c3cc(-c4ccc(C=C5C(=O)c6ccccc6C5=C(C#N)C#N)s4)ccc3-c3sc4c5c(sc4c32)-c2ccc(-c3ccc(C=C4C(=O)c6ccccc6C4=C(C#N)C#N)s3)cc2C5(c2ccc(C)cc2)c2ccc(C)cc2)cc1. The summed E-state index contributed by atoms with van der Waals surface area (Å²) in [5, 5.41) is 40.4. The number of thiophene rings is 4. The summed E-state index contributed by atoms with van der Waals surface area (Å²) in [6, 6.07) is 81.2. The monoisotopic (exact) mass is 1250 g/mol. The number of aryl methyl sites for hydroxylation is 4. The summed E-state index contributed by atoms with van der Waals surface area (Å²) in [5.74, 6) is -0.409. The summed E-state index contributed by atoms with van der Waals surface area (Å²) in [6.07, 6.45) is 3.68. The number of hydrogen-bond donors (Lipinski definition) is 0. The average molecular weight is 1250 g/mol. The second-order valence-corrected chi connectivity index (χ2v) is 28.2. The van der Waals surface area contributed by atoms with Crippen LogP contribution in [0, 0.1) is 73.0 Å². The minimum Gasteiger partial charge on any atom is -0.289 e. The molecule has 12 aromatic rings. The highest BCUT2D eigenvalue weighted by Gasteiger charge is 2.54. The number of rotatable bonds is 8. The van der Waals surface area contributed by atoms with Gasteiger partial charge in [0.05, 0.1) is 20.2 Å². The number of allylic oxidation sites excluding steroid dienone is 6. The Morgan fingerprint density at radius 1 is 0.370 bits per heavy atom. The van der Waals surface area contributed by atoms with Crippen molar-refractivity contribution in [2.75, 3.05) is 0 Å². The van der Waals surface area contributed by atoms with E-state index in [4.69, 9.17) is 0 Å². The van der Waals surface area contributed by atoms with Crippen LogP contribution in [0.15, 0.2) is 229 Å². The van der Waals surface area contributed by atoms with Gasteiger partial charge in [-0.25, -0.2) is 0 Å². The molecule has 0 bridgehead atoms. The van der Waals surface area contributed by atoms with Crippen molar-refractivity contribution < 1.29 is 9.59 Å². The van der Waals surface area contributed by atoms with Crippen molar-refractivity contribution in [3.63, 3.8) is 0 Å². The fraction of sp³-hybridized carbons (Fsp3) is 0.0732. The Kier molecular flexibility index (Phi) is 13.1. The van der Waals surface area contributed by atoms with E-state index in [1.54, 1.807) is 59.1 Å². The highest BCUT2D eigenvalue weighted by molar-refractivity contribution is 7.32. The lowest BCUT2D eigenvalue weighted by atomic mass is 9.66. The molecule has 6 nitrogen and oxygen atoms in total. The number of fused-ring (bicyclic) bond motifs is 11. The molecule has 0 radical (unpaired) electrons. The number of hydrogen-bond acceptors (Lipinski definition) is 10. The largest absolute Gasteiger partial charge is 0.289 e. The van der Waals surface area contributed by atoms with Gasteiger partial charge in [-0.05, 0) is 143 Å². The van der Waals surface area contributed by atoms with Crippen LogP contribution in [0.1, 0.15) is 108 Å². The molecule has 4 aromatic heterocycles. The van der Waals surface area contributed by atoms with Gasteiger partial charge < -0.3 is 0 Å². The third kappa shape index (κ3) is 8.16. The molecule has 92 heavy (non-hydrogen) atoms. The summed E-state index contributed by atoms with van der Waals surface area (Å²) in [7, 11) is 0. The van der Waals surface area contributed by atoms with E-state index >= 15 is 0 Å². The molecule has 0 unspecified atom stereocenters. The second kappa shape index (κ2) is 21.4. The number of nitrogens with zero attached hydrogens (tertiary/aromatic N) is 4. The number of carbonyl (C=O) groups excluding carboxylic acids is 2. The van der Waals surface area contributed by atoms with Crippen LogP contribution in [0.5, 0.6) is 0 Å². The Hall–Kier alpha value is -10.9. The molecule has 4 aliphatic rings. The molecule has 0 atom stereocenters. The summed E-state index contributed by atoms with van der Waals surface area (Å²) < 4.78 is 2.50. The highest BCUT2D eigenvalue weighted by atomic mass is 32.1. The molecule has 10 heteroatoms. The summed E-state index contributed by atoms with van der Waals surface area (Å²) in [5.41, 5.74) is 20.6. The quantitative estimate of drug-likeness (QED) is 0.110. The lowest BCUT2D eigenvalue weighted by Gasteiger charge is -2.35. The zero-order valence-corrected chi connectivity index (χ0v) is 53.3. The Morgan fingerprint density at radius 3 is 1.02 bits per heavy atom. The molecule has 8 aromatic carbocycles. The lowest BCUT2D eigenvalue weighted by Crippen LogP contribution is -2.29. The van der Waals surface area contributed by atoms with Crippen molar-refractivity contribution >= 4 is 89.6 Å². The van der Waals surface area contributed by atoms with E-state index < -0.39 is 10.8 Å². The van der Waals surface area contributed by atoms with Crippen molar-refractivity contribution in [1.29, 1.82) is 21.0 Å². The fourth-order valence-corrected chi connectivity index (χ4v) is 19.6. The van der Waals surface area contributed by atoms with Gasteiger partial charge in [0, 0.05) is 73.8 Å². The number of carbonyl (C=O) groups is 2. The minimum atomic E-state index is -0.768. The molecule has 0 fully saturated rings. The van der Waals surface area contributed by atoms with Crippen LogP contribution in [0.2, 0.25) is 0 Å². The van der Waals surface area contributed by atoms with Crippen molar-refractivity contribution in [2.45, 2.75) is 38.5 Å². The van der Waals surface area contributed by atoms with Gasteiger partial charge in [0.15, 0.2) is 11.6 Å². The van der Waals surface area contributed by atoms with Gasteiger partial charge in [0.2, 0.25) is 0 Å². The van der Waals surface area contributed by atoms with Crippen LogP contribution in [0.4, 0.5) is 0 Å². The van der Waals surface area contributed by atoms with Crippen LogP contribution in [-0.2, 0) is 10.8 Å². The van der Waals surface area contributed by atoms with Gasteiger partial charge in [-0.2, -0.15) is 21.0 Å². The molecule has 4 aliphatic carbocycles. The normalized spacial score (nSPS) is 15.1. The van der Waals surface area contributed by atoms with Crippen LogP contribution < -0.4 is 0 Å². The molecule has 0 saturated carbocycles. The van der Waals surface area contributed by atoms with Gasteiger partial charge in [0.1, 0.15) is 35.4 Å². The molecule has 0 amide bonds. The van der Waals surface area contributed by atoms with E-state index in [0.29, 0.717) is 44.5 Å². The summed E-state index contributed by atoms with van der Waals surface area (Å²) >= 11 is 6.96. The number of nitriles is 4. The molecule has 0 aliphatic heterocycles. The predicted molar refractivity (Wildman–Crippen MR) is 374 cm³/mol. The maximum absolute atomic E-state index is 14.1. The zero-order valence-electron chi connectivity index (χ0n) is 50.0. The number of Topliss-reactive ketones (excluding diaryl/α,β-unsaturated/α-hetero) is 2. The Balaban J connectivity index is 0.905. The molecule has 0 spiro atoms. The van der Waals surface area contributed by atoms with Gasteiger partial charge in [-0.15, -0.1) is 45.3 Å². The molecular weight excluding hydrogens is 1200 g/mol. The van der Waals surface area contributed by atoms with Gasteiger partial charge in [-0.3, -0.25) is 9.59 Å². The van der Waals surface area contributed by atoms with E-state index in [-0.39, 0.29) is 22.7 Å². The van der Waals surface area contributed by atoms with E-state index in [9.17, 15) is 30.6 Å². The first-order valence-electron chi connectivity index (χ1n) is 30.1. The van der Waals surface area contributed by atoms with E-state index in [0.717, 1.165) is 30.6 Å². The summed E-state index contributed by atoms with van der Waals surface area (Å²) in [6.45, 7) is 8.58. The van der Waals surface area contributed by atoms with E-state index in [1.807, 2.05) is 59.1 Å². The van der Waals surface area contributed by atoms with E-state index in [2.05, 4.69) is 198 Å². The van der Waals surface area contributed by atoms with Gasteiger partial charge >= 0.3 is 0 Å². The first kappa shape index (κ1) is 56.3. The number of ketones is 2. The zero-order chi connectivity index (χ0) is 62.9. The maximum Gasteiger partial charge on any atom is 0.194 e. The average Bonchev–Trinajstić information content (AvgIpc) is 1.49. The van der Waals surface area contributed by atoms with Gasteiger partial charge in [-0.1, -0.05) is 192 Å². The van der Waals surface area contributed by atoms with Crippen LogP contribution in [0.3, 0.4) is 0 Å². The second-order valence-electron chi connectivity index (χ2n) is 24.0. The molecule has 0 N–H and O–H groups in total. The van der Waals surface area contributed by atoms with Crippen molar-refractivity contribution in [3.8, 4) is 66.0 Å². The first-order valence-corrected chi connectivity index (χ1v) is 33.3. The predicted octanol–water partition coefficient (Wildman–Crippen LogP) is 20.5. The van der Waals surface area contributed by atoms with E-state index in [1.165, 1.54) is 97.0 Å². The molecule has 16 rings (SSSR count). The third-order valence-electron chi connectivity index (χ3n) is 18.8. The van der Waals surface area contributed by atoms with Crippen molar-refractivity contribution in [3.05, 3.63) is 327 Å².